The van der Waals surface area contributed by atoms with Gasteiger partial charge in [-0.25, -0.2) is 9.78 Å². The number of anilines is 1. The van der Waals surface area contributed by atoms with Crippen LogP contribution in [0, 0.1) is 0 Å². The van der Waals surface area contributed by atoms with Crippen molar-refractivity contribution in [2.75, 3.05) is 18.5 Å². The van der Waals surface area contributed by atoms with E-state index in [9.17, 15) is 4.79 Å². The fourth-order valence-electron chi connectivity index (χ4n) is 0.978. The highest BCUT2D eigenvalue weighted by molar-refractivity contribution is 6.33. The molecule has 16 heavy (non-hydrogen) atoms. The average Bonchev–Trinajstić information content (AvgIpc) is 2.27. The number of hydrogen-bond donors (Lipinski definition) is 4. The van der Waals surface area contributed by atoms with Crippen molar-refractivity contribution in [3.05, 3.63) is 22.8 Å². The summed E-state index contributed by atoms with van der Waals surface area (Å²) in [6.07, 6.45) is -0.925. The molecule has 0 saturated carbocycles. The molecular formula is C9H11ClN2O4. The zero-order valence-electron chi connectivity index (χ0n) is 8.22. The zero-order chi connectivity index (χ0) is 12.1. The number of rotatable bonds is 5. The van der Waals surface area contributed by atoms with E-state index in [0.717, 1.165) is 0 Å². The number of pyridine rings is 1. The number of aromatic nitrogens is 1. The lowest BCUT2D eigenvalue weighted by Crippen LogP contribution is -2.23. The number of hydrogen-bond acceptors (Lipinski definition) is 5. The van der Waals surface area contributed by atoms with Gasteiger partial charge in [-0.1, -0.05) is 11.6 Å². The third-order valence-electron chi connectivity index (χ3n) is 1.78. The van der Waals surface area contributed by atoms with E-state index in [0.29, 0.717) is 0 Å². The van der Waals surface area contributed by atoms with Gasteiger partial charge in [-0.3, -0.25) is 0 Å². The van der Waals surface area contributed by atoms with E-state index in [1.54, 1.807) is 0 Å². The fraction of sp³-hybridized carbons (Fsp3) is 0.333. The summed E-state index contributed by atoms with van der Waals surface area (Å²) in [5.41, 5.74) is -0.259. The highest BCUT2D eigenvalue weighted by Gasteiger charge is 2.11. The Bertz CT molecular complexity index is 386. The van der Waals surface area contributed by atoms with Gasteiger partial charge in [0, 0.05) is 6.54 Å². The van der Waals surface area contributed by atoms with Gasteiger partial charge in [0.1, 0.15) is 5.82 Å². The molecule has 88 valence electrons. The quantitative estimate of drug-likeness (QED) is 0.592. The summed E-state index contributed by atoms with van der Waals surface area (Å²) in [6, 6.07) is 2.88. The molecule has 0 fully saturated rings. The third-order valence-corrected chi connectivity index (χ3v) is 2.08. The number of aliphatic hydroxyl groups is 2. The lowest BCUT2D eigenvalue weighted by molar-refractivity contribution is 0.0691. The monoisotopic (exact) mass is 246 g/mol. The lowest BCUT2D eigenvalue weighted by Gasteiger charge is -2.10. The molecule has 6 nitrogen and oxygen atoms in total. The second-order valence-corrected chi connectivity index (χ2v) is 3.46. The number of carboxylic acids is 1. The van der Waals surface area contributed by atoms with Crippen molar-refractivity contribution in [3.63, 3.8) is 0 Å². The Labute approximate surface area is 96.5 Å². The second-order valence-electron chi connectivity index (χ2n) is 3.05. The van der Waals surface area contributed by atoms with Gasteiger partial charge in [0.2, 0.25) is 0 Å². The van der Waals surface area contributed by atoms with Gasteiger partial charge in [0.25, 0.3) is 0 Å². The molecule has 1 atom stereocenters. The van der Waals surface area contributed by atoms with Crippen molar-refractivity contribution in [1.29, 1.82) is 0 Å². The van der Waals surface area contributed by atoms with Crippen LogP contribution in [-0.2, 0) is 0 Å². The number of aliphatic hydroxyl groups excluding tert-OH is 2. The number of carbonyl (C=O) groups is 1. The van der Waals surface area contributed by atoms with Gasteiger partial charge in [0.15, 0.2) is 5.69 Å². The molecule has 7 heteroatoms. The maximum atomic E-state index is 10.7. The first-order chi connectivity index (χ1) is 7.54. The fourth-order valence-corrected chi connectivity index (χ4v) is 1.16. The van der Waals surface area contributed by atoms with E-state index < -0.39 is 12.1 Å². The van der Waals surface area contributed by atoms with E-state index in [-0.39, 0.29) is 29.7 Å². The maximum absolute atomic E-state index is 10.7. The Morgan fingerprint density at radius 1 is 1.56 bits per heavy atom. The molecule has 1 aromatic heterocycles. The predicted octanol–water partition coefficient (Wildman–Crippen LogP) is 0.198. The van der Waals surface area contributed by atoms with Gasteiger partial charge in [-0.15, -0.1) is 0 Å². The van der Waals surface area contributed by atoms with Crippen LogP contribution in [0.5, 0.6) is 0 Å². The minimum atomic E-state index is -1.23. The molecule has 0 saturated heterocycles. The molecule has 0 bridgehead atoms. The molecule has 0 aliphatic rings. The van der Waals surface area contributed by atoms with Crippen LogP contribution < -0.4 is 5.32 Å². The molecule has 1 unspecified atom stereocenters. The van der Waals surface area contributed by atoms with Gasteiger partial charge in [-0.05, 0) is 12.1 Å². The van der Waals surface area contributed by atoms with E-state index in [4.69, 9.17) is 26.9 Å². The standard InChI is InChI=1S/C9H11ClN2O4/c10-6-1-2-7(11-3-5(14)4-13)12-8(6)9(15)16/h1-2,5,13-14H,3-4H2,(H,11,12)(H,15,16). The summed E-state index contributed by atoms with van der Waals surface area (Å²) in [6.45, 7) is -0.309. The van der Waals surface area contributed by atoms with E-state index >= 15 is 0 Å². The highest BCUT2D eigenvalue weighted by atomic mass is 35.5. The van der Waals surface area contributed by atoms with E-state index in [1.807, 2.05) is 0 Å². The smallest absolute Gasteiger partial charge is 0.356 e. The summed E-state index contributed by atoms with van der Waals surface area (Å²) < 4.78 is 0. The van der Waals surface area contributed by atoms with Gasteiger partial charge in [-0.2, -0.15) is 0 Å². The molecule has 0 amide bonds. The van der Waals surface area contributed by atoms with Crippen LogP contribution in [0.3, 0.4) is 0 Å². The summed E-state index contributed by atoms with van der Waals surface area (Å²) in [7, 11) is 0. The van der Waals surface area contributed by atoms with Crippen molar-refractivity contribution in [2.24, 2.45) is 0 Å². The van der Waals surface area contributed by atoms with Crippen molar-refractivity contribution >= 4 is 23.4 Å². The Kier molecular flexibility index (Phi) is 4.48. The summed E-state index contributed by atoms with van der Waals surface area (Å²) >= 11 is 5.62. The Balaban J connectivity index is 2.75. The lowest BCUT2D eigenvalue weighted by atomic mass is 10.3. The van der Waals surface area contributed by atoms with Crippen LogP contribution >= 0.6 is 11.6 Å². The van der Waals surface area contributed by atoms with Crippen LogP contribution in [0.15, 0.2) is 12.1 Å². The number of nitrogens with one attached hydrogen (secondary N) is 1. The molecule has 0 aliphatic carbocycles. The van der Waals surface area contributed by atoms with E-state index in [2.05, 4.69) is 10.3 Å². The van der Waals surface area contributed by atoms with Crippen molar-refractivity contribution in [2.45, 2.75) is 6.10 Å². The molecular weight excluding hydrogens is 236 g/mol. The topological polar surface area (TPSA) is 103 Å². The van der Waals surface area contributed by atoms with Crippen LogP contribution in [0.4, 0.5) is 5.82 Å². The number of nitrogens with zero attached hydrogens (tertiary/aromatic N) is 1. The normalized spacial score (nSPS) is 12.2. The predicted molar refractivity (Wildman–Crippen MR) is 57.8 cm³/mol. The summed E-state index contributed by atoms with van der Waals surface area (Å²) in [4.78, 5) is 14.4. The Morgan fingerprint density at radius 2 is 2.25 bits per heavy atom. The van der Waals surface area contributed by atoms with Gasteiger partial charge in [0.05, 0.1) is 17.7 Å². The molecule has 0 aliphatic heterocycles. The number of aromatic carboxylic acids is 1. The average molecular weight is 247 g/mol. The molecule has 1 rings (SSSR count). The Morgan fingerprint density at radius 3 is 2.81 bits per heavy atom. The highest BCUT2D eigenvalue weighted by Crippen LogP contribution is 2.16. The molecule has 1 heterocycles. The first-order valence-corrected chi connectivity index (χ1v) is 4.85. The number of carboxylic acid groups (broad SMARTS) is 1. The minimum Gasteiger partial charge on any atom is -0.476 e. The molecule has 0 radical (unpaired) electrons. The maximum Gasteiger partial charge on any atom is 0.356 e. The van der Waals surface area contributed by atoms with E-state index in [1.165, 1.54) is 12.1 Å². The largest absolute Gasteiger partial charge is 0.476 e. The first-order valence-electron chi connectivity index (χ1n) is 4.47. The zero-order valence-corrected chi connectivity index (χ0v) is 8.98. The van der Waals surface area contributed by atoms with Crippen molar-refractivity contribution in [3.8, 4) is 0 Å². The first kappa shape index (κ1) is 12.7. The second kappa shape index (κ2) is 5.64. The van der Waals surface area contributed by atoms with Crippen LogP contribution in [0.1, 0.15) is 10.5 Å². The van der Waals surface area contributed by atoms with Crippen molar-refractivity contribution < 1.29 is 20.1 Å². The van der Waals surface area contributed by atoms with Crippen LogP contribution in [0.25, 0.3) is 0 Å². The summed E-state index contributed by atoms with van der Waals surface area (Å²) in [5, 5.41) is 29.1. The molecule has 4 N–H and O–H groups in total. The Hall–Kier alpha value is -1.37. The van der Waals surface area contributed by atoms with Crippen LogP contribution in [0.2, 0.25) is 5.02 Å². The number of halogens is 1. The molecule has 0 spiro atoms. The third kappa shape index (κ3) is 3.34. The summed E-state index contributed by atoms with van der Waals surface area (Å²) in [5.74, 6) is -0.953. The van der Waals surface area contributed by atoms with Gasteiger partial charge >= 0.3 is 5.97 Å². The SMILES string of the molecule is O=C(O)c1nc(NCC(O)CO)ccc1Cl. The minimum absolute atomic E-state index is 0.0424. The molecule has 1 aromatic rings. The molecule has 0 aromatic carbocycles. The van der Waals surface area contributed by atoms with Gasteiger partial charge < -0.3 is 20.6 Å². The van der Waals surface area contributed by atoms with Crippen molar-refractivity contribution in [1.82, 2.24) is 4.98 Å². The van der Waals surface area contributed by atoms with Crippen LogP contribution in [-0.4, -0.2) is 45.5 Å².